The highest BCUT2D eigenvalue weighted by Gasteiger charge is 2.16. The minimum atomic E-state index is -0.844. The summed E-state index contributed by atoms with van der Waals surface area (Å²) in [5.74, 6) is -1.75. The first kappa shape index (κ1) is 10.9. The first-order valence-electron chi connectivity index (χ1n) is 4.54. The molecule has 86 valence electrons. The molecule has 0 atom stereocenters. The molecule has 2 rings (SSSR count). The monoisotopic (exact) mass is 235 g/mol. The highest BCUT2D eigenvalue weighted by atomic mass is 19.1. The van der Waals surface area contributed by atoms with Crippen LogP contribution in [-0.4, -0.2) is 9.78 Å². The van der Waals surface area contributed by atoms with E-state index in [2.05, 4.69) is 5.10 Å². The van der Waals surface area contributed by atoms with Crippen LogP contribution in [-0.2, 0) is 0 Å². The van der Waals surface area contributed by atoms with Gasteiger partial charge >= 0.3 is 0 Å². The number of halogens is 2. The fourth-order valence-electron chi connectivity index (χ4n) is 1.40. The molecule has 0 bridgehead atoms. The normalized spacial score (nSPS) is 10.2. The number of nitrogen functional groups attached to an aromatic ring is 2. The zero-order valence-corrected chi connectivity index (χ0v) is 8.48. The van der Waals surface area contributed by atoms with Gasteiger partial charge < -0.3 is 11.5 Å². The van der Waals surface area contributed by atoms with Gasteiger partial charge in [-0.05, 0) is 12.1 Å². The lowest BCUT2D eigenvalue weighted by Crippen LogP contribution is -2.05. The van der Waals surface area contributed by atoms with Crippen molar-refractivity contribution in [2.45, 2.75) is 0 Å². The minimum absolute atomic E-state index is 0.0336. The summed E-state index contributed by atoms with van der Waals surface area (Å²) >= 11 is 0. The van der Waals surface area contributed by atoms with Crippen molar-refractivity contribution in [3.63, 3.8) is 0 Å². The Morgan fingerprint density at radius 3 is 2.53 bits per heavy atom. The van der Waals surface area contributed by atoms with Gasteiger partial charge in [-0.15, -0.1) is 5.10 Å². The van der Waals surface area contributed by atoms with Crippen LogP contribution in [0.5, 0.6) is 0 Å². The van der Waals surface area contributed by atoms with Gasteiger partial charge in [0.1, 0.15) is 29.0 Å². The van der Waals surface area contributed by atoms with Crippen LogP contribution in [0.4, 0.5) is 20.4 Å². The summed E-state index contributed by atoms with van der Waals surface area (Å²) in [4.78, 5) is 0. The SMILES string of the molecule is N#Cc1c(N)nn(-c2ccc(F)cc2F)c1N. The lowest BCUT2D eigenvalue weighted by molar-refractivity contribution is 0.574. The van der Waals surface area contributed by atoms with Gasteiger partial charge in [-0.25, -0.2) is 13.5 Å². The van der Waals surface area contributed by atoms with Gasteiger partial charge in [0.15, 0.2) is 11.6 Å². The van der Waals surface area contributed by atoms with E-state index in [4.69, 9.17) is 16.7 Å². The fraction of sp³-hybridized carbons (Fsp3) is 0. The van der Waals surface area contributed by atoms with E-state index in [9.17, 15) is 8.78 Å². The van der Waals surface area contributed by atoms with E-state index in [1.165, 1.54) is 0 Å². The molecule has 0 aliphatic heterocycles. The van der Waals surface area contributed by atoms with Gasteiger partial charge in [0, 0.05) is 6.07 Å². The Bertz CT molecular complexity index is 626. The number of aromatic nitrogens is 2. The van der Waals surface area contributed by atoms with E-state index in [-0.39, 0.29) is 22.9 Å². The lowest BCUT2D eigenvalue weighted by Gasteiger charge is -2.04. The summed E-state index contributed by atoms with van der Waals surface area (Å²) < 4.78 is 27.2. The molecule has 0 radical (unpaired) electrons. The molecule has 7 heteroatoms. The smallest absolute Gasteiger partial charge is 0.166 e. The summed E-state index contributed by atoms with van der Waals surface area (Å²) in [6, 6.07) is 4.67. The second kappa shape index (κ2) is 3.75. The quantitative estimate of drug-likeness (QED) is 0.776. The van der Waals surface area contributed by atoms with Crippen molar-refractivity contribution in [3.05, 3.63) is 35.4 Å². The highest BCUT2D eigenvalue weighted by molar-refractivity contribution is 5.64. The van der Waals surface area contributed by atoms with Crippen molar-refractivity contribution < 1.29 is 8.78 Å². The van der Waals surface area contributed by atoms with Crippen molar-refractivity contribution in [2.75, 3.05) is 11.5 Å². The largest absolute Gasteiger partial charge is 0.382 e. The zero-order valence-electron chi connectivity index (χ0n) is 8.48. The number of nitrogens with zero attached hydrogens (tertiary/aromatic N) is 3. The molecule has 1 aromatic heterocycles. The van der Waals surface area contributed by atoms with Gasteiger partial charge in [-0.1, -0.05) is 0 Å². The van der Waals surface area contributed by atoms with Gasteiger partial charge in [0.25, 0.3) is 0 Å². The molecule has 0 aliphatic rings. The van der Waals surface area contributed by atoms with Crippen molar-refractivity contribution in [2.24, 2.45) is 0 Å². The third kappa shape index (κ3) is 1.65. The maximum Gasteiger partial charge on any atom is 0.166 e. The average Bonchev–Trinajstić information content (AvgIpc) is 2.54. The van der Waals surface area contributed by atoms with E-state index in [0.717, 1.165) is 16.8 Å². The summed E-state index contributed by atoms with van der Waals surface area (Å²) in [6.45, 7) is 0. The number of nitrogens with two attached hydrogens (primary N) is 2. The third-order valence-electron chi connectivity index (χ3n) is 2.20. The lowest BCUT2D eigenvalue weighted by atomic mass is 10.3. The zero-order chi connectivity index (χ0) is 12.6. The van der Waals surface area contributed by atoms with Gasteiger partial charge in [0.05, 0.1) is 0 Å². The van der Waals surface area contributed by atoms with Gasteiger partial charge in [-0.2, -0.15) is 5.26 Å². The van der Waals surface area contributed by atoms with E-state index in [0.29, 0.717) is 6.07 Å². The van der Waals surface area contributed by atoms with Gasteiger partial charge in [0.2, 0.25) is 0 Å². The second-order valence-electron chi connectivity index (χ2n) is 3.26. The maximum atomic E-state index is 13.5. The fourth-order valence-corrected chi connectivity index (χ4v) is 1.40. The van der Waals surface area contributed by atoms with Crippen LogP contribution in [0.1, 0.15) is 5.56 Å². The number of benzene rings is 1. The second-order valence-corrected chi connectivity index (χ2v) is 3.26. The van der Waals surface area contributed by atoms with Crippen LogP contribution >= 0.6 is 0 Å². The minimum Gasteiger partial charge on any atom is -0.382 e. The van der Waals surface area contributed by atoms with E-state index >= 15 is 0 Å². The maximum absolute atomic E-state index is 13.5. The summed E-state index contributed by atoms with van der Waals surface area (Å²) in [5, 5.41) is 12.5. The molecule has 1 aromatic carbocycles. The summed E-state index contributed by atoms with van der Waals surface area (Å²) in [6.07, 6.45) is 0. The molecule has 4 N–H and O–H groups in total. The molecule has 0 amide bonds. The average molecular weight is 235 g/mol. The number of hydrogen-bond acceptors (Lipinski definition) is 4. The van der Waals surface area contributed by atoms with Crippen molar-refractivity contribution in [3.8, 4) is 11.8 Å². The Labute approximate surface area is 94.9 Å². The van der Waals surface area contributed by atoms with Crippen LogP contribution in [0.2, 0.25) is 0 Å². The Hall–Kier alpha value is -2.62. The summed E-state index contributed by atoms with van der Waals surface area (Å²) in [7, 11) is 0. The van der Waals surface area contributed by atoms with Crippen LogP contribution in [0, 0.1) is 23.0 Å². The molecule has 0 saturated carbocycles. The molecule has 0 unspecified atom stereocenters. The number of rotatable bonds is 1. The van der Waals surface area contributed by atoms with Gasteiger partial charge in [-0.3, -0.25) is 0 Å². The van der Waals surface area contributed by atoms with Crippen LogP contribution in [0.25, 0.3) is 5.69 Å². The Balaban J connectivity index is 2.66. The first-order chi connectivity index (χ1) is 8.04. The van der Waals surface area contributed by atoms with Crippen molar-refractivity contribution in [1.82, 2.24) is 9.78 Å². The van der Waals surface area contributed by atoms with E-state index in [1.807, 2.05) is 0 Å². The first-order valence-corrected chi connectivity index (χ1v) is 4.54. The molecule has 17 heavy (non-hydrogen) atoms. The topological polar surface area (TPSA) is 93.6 Å². The van der Waals surface area contributed by atoms with Crippen molar-refractivity contribution >= 4 is 11.6 Å². The standard InChI is InChI=1S/C10H7F2N5/c11-5-1-2-8(7(12)3-5)17-10(15)6(4-13)9(14)16-17/h1-3H,15H2,(H2,14,16). The Morgan fingerprint density at radius 1 is 1.29 bits per heavy atom. The molecule has 5 nitrogen and oxygen atoms in total. The predicted octanol–water partition coefficient (Wildman–Crippen LogP) is 1.19. The van der Waals surface area contributed by atoms with Crippen LogP contribution in [0.15, 0.2) is 18.2 Å². The predicted molar refractivity (Wildman–Crippen MR) is 57.0 cm³/mol. The molecular weight excluding hydrogens is 228 g/mol. The van der Waals surface area contributed by atoms with Crippen molar-refractivity contribution in [1.29, 1.82) is 5.26 Å². The number of hydrogen-bond donors (Lipinski definition) is 2. The molecule has 0 spiro atoms. The molecule has 0 fully saturated rings. The highest BCUT2D eigenvalue weighted by Crippen LogP contribution is 2.23. The molecule has 1 heterocycles. The Morgan fingerprint density at radius 2 is 2.00 bits per heavy atom. The third-order valence-corrected chi connectivity index (χ3v) is 2.20. The Kier molecular flexibility index (Phi) is 2.40. The molecular formula is C10H7F2N5. The summed E-state index contributed by atoms with van der Waals surface area (Å²) in [5.41, 5.74) is 10.9. The van der Waals surface area contributed by atoms with Crippen LogP contribution < -0.4 is 11.5 Å². The number of anilines is 2. The molecule has 0 saturated heterocycles. The molecule has 0 aliphatic carbocycles. The van der Waals surface area contributed by atoms with E-state index < -0.39 is 11.6 Å². The number of nitriles is 1. The van der Waals surface area contributed by atoms with Crippen LogP contribution in [0.3, 0.4) is 0 Å². The molecule has 2 aromatic rings. The van der Waals surface area contributed by atoms with E-state index in [1.54, 1.807) is 6.07 Å².